The Balaban J connectivity index is 1.00. The number of phosphoric acid groups is 3. The van der Waals surface area contributed by atoms with Crippen molar-refractivity contribution in [2.75, 3.05) is 69.0 Å². The number of rotatable bonds is 16. The molecule has 0 aliphatic carbocycles. The van der Waals surface area contributed by atoms with Crippen molar-refractivity contribution in [1.29, 1.82) is 0 Å². The fourth-order valence-corrected chi connectivity index (χ4v) is 9.44. The summed E-state index contributed by atoms with van der Waals surface area (Å²) in [7, 11) is -11.2. The summed E-state index contributed by atoms with van der Waals surface area (Å²) < 4.78 is 79.0. The molecular formula is C24H37N10O17P3. The molecule has 3 aromatic heterocycles. The van der Waals surface area contributed by atoms with Gasteiger partial charge in [0.2, 0.25) is 5.95 Å². The molecule has 3 aromatic rings. The number of H-pyrrole nitrogens is 1. The fraction of sp³-hybridized carbons (Fsp3) is 0.625. The fourth-order valence-electron chi connectivity index (χ4n) is 6.14. The maximum absolute atomic E-state index is 12.6. The number of nitrogens with zero attached hydrogens (tertiary/aromatic N) is 7. The smallest absolute Gasteiger partial charge is 0.386 e. The van der Waals surface area contributed by atoms with Crippen molar-refractivity contribution in [2.24, 2.45) is 0 Å². The van der Waals surface area contributed by atoms with Crippen LogP contribution in [0.2, 0.25) is 0 Å². The summed E-state index contributed by atoms with van der Waals surface area (Å²) in [6.45, 7) is -1.39. The number of aliphatic hydroxyl groups excluding tert-OH is 1. The number of ether oxygens (including phenoxy) is 4. The molecule has 8 N–H and O–H groups in total. The van der Waals surface area contributed by atoms with Crippen molar-refractivity contribution in [3.63, 3.8) is 0 Å². The summed E-state index contributed by atoms with van der Waals surface area (Å²) in [5, 5.41) is 13.9. The number of aromatic nitrogens is 6. The molecule has 30 heteroatoms. The Bertz CT molecular complexity index is 2040. The summed E-state index contributed by atoms with van der Waals surface area (Å²) in [5.74, 6) is 0.352. The van der Waals surface area contributed by atoms with E-state index in [-0.39, 0.29) is 30.5 Å². The summed E-state index contributed by atoms with van der Waals surface area (Å²) in [6, 6.07) is 0. The third-order valence-corrected chi connectivity index (χ3v) is 12.4. The van der Waals surface area contributed by atoms with Crippen molar-refractivity contribution in [1.82, 2.24) is 29.5 Å². The van der Waals surface area contributed by atoms with E-state index in [1.807, 2.05) is 0 Å². The number of nitrogens with two attached hydrogens (primary N) is 1. The van der Waals surface area contributed by atoms with Crippen LogP contribution in [0.1, 0.15) is 12.6 Å². The molecule has 5 unspecified atom stereocenters. The molecule has 10 atom stereocenters. The minimum atomic E-state index is -5.89. The lowest BCUT2D eigenvalue weighted by Crippen LogP contribution is -2.46. The van der Waals surface area contributed by atoms with E-state index in [9.17, 15) is 38.3 Å². The van der Waals surface area contributed by atoms with Gasteiger partial charge in [-0.2, -0.15) is 13.6 Å². The number of phosphoric ester groups is 1. The molecule has 6 heterocycles. The van der Waals surface area contributed by atoms with Crippen LogP contribution in [0, 0.1) is 0 Å². The molecule has 0 saturated carbocycles. The van der Waals surface area contributed by atoms with E-state index in [0.29, 0.717) is 17.0 Å². The van der Waals surface area contributed by atoms with Gasteiger partial charge >= 0.3 is 23.5 Å². The Morgan fingerprint density at radius 3 is 2.48 bits per heavy atom. The lowest BCUT2D eigenvalue weighted by atomic mass is 10.1. The maximum Gasteiger partial charge on any atom is 0.508 e. The monoisotopic (exact) mass is 830 g/mol. The van der Waals surface area contributed by atoms with Gasteiger partial charge in [-0.3, -0.25) is 18.9 Å². The molecular weight excluding hydrogens is 793 g/mol. The van der Waals surface area contributed by atoms with Crippen molar-refractivity contribution in [3.05, 3.63) is 23.0 Å². The van der Waals surface area contributed by atoms with Gasteiger partial charge < -0.3 is 59.6 Å². The van der Waals surface area contributed by atoms with E-state index in [2.05, 4.69) is 43.5 Å². The highest BCUT2D eigenvalue weighted by atomic mass is 31.3. The first-order valence-corrected chi connectivity index (χ1v) is 20.1. The summed E-state index contributed by atoms with van der Waals surface area (Å²) in [6.07, 6.45) is -4.34. The van der Waals surface area contributed by atoms with E-state index < -0.39 is 85.2 Å². The molecule has 3 aliphatic rings. The standard InChI is InChI=1S/C24H37N10O17P3/c1-26-18-14-19(28-8-27-18)33(9-29-14)22-12(43-3)5-11(47-22)6-45-49-53(39,40)51-54(41,42)50-52(37,38)46-7-13-17(44-4)16(35)23(48-13)34-10-32(2)15-20(34)30-24(25)31-21(15)36/h8-9,11-13,16-17,22-23,35H,5-7,10H2,1-4H3,(H,37,38)(H,39,40)(H,41,42)(H,26,27,28)(H3,25,30,31,36)/t11-,12?,13+,16-,17?,22+,23+/m0/s1. The Labute approximate surface area is 303 Å². The van der Waals surface area contributed by atoms with Gasteiger partial charge in [-0.05, 0) is 0 Å². The highest BCUT2D eigenvalue weighted by Crippen LogP contribution is 2.67. The average molecular weight is 831 g/mol. The largest absolute Gasteiger partial charge is 0.508 e. The zero-order valence-electron chi connectivity index (χ0n) is 28.7. The van der Waals surface area contributed by atoms with Crippen LogP contribution in [0.15, 0.2) is 17.4 Å². The number of aliphatic hydroxyl groups is 1. The van der Waals surface area contributed by atoms with Crippen LogP contribution in [-0.4, -0.2) is 134 Å². The van der Waals surface area contributed by atoms with Crippen LogP contribution in [0.25, 0.3) is 11.2 Å². The molecule has 0 aromatic carbocycles. The molecule has 27 nitrogen and oxygen atoms in total. The van der Waals surface area contributed by atoms with Crippen LogP contribution in [-0.2, 0) is 55.3 Å². The van der Waals surface area contributed by atoms with Crippen molar-refractivity contribution in [3.8, 4) is 0 Å². The number of imidazole rings is 1. The Kier molecular flexibility index (Phi) is 11.8. The van der Waals surface area contributed by atoms with E-state index >= 15 is 0 Å². The first kappa shape index (κ1) is 40.5. The minimum Gasteiger partial charge on any atom is -0.386 e. The summed E-state index contributed by atoms with van der Waals surface area (Å²) in [4.78, 5) is 69.4. The number of nitrogens with one attached hydrogen (secondary N) is 2. The van der Waals surface area contributed by atoms with Crippen LogP contribution < -0.4 is 26.4 Å². The van der Waals surface area contributed by atoms with Gasteiger partial charge in [-0.1, -0.05) is 0 Å². The SMILES string of the molecule is CNc1ncnc2c1ncn2[C@@H]1O[C@H](COOP(=O)(O)OP(=O)(O)OP(=O)(O)OC[C@H]2O[C@@H](N3CN(C)c4c3nc(N)[nH]c4=O)[C@@H](O)C2OC)CC1OC. The zero-order valence-corrected chi connectivity index (χ0v) is 31.4. The third-order valence-electron chi connectivity index (χ3n) is 8.33. The second-order valence-corrected chi connectivity index (χ2v) is 16.4. The number of hydrogen-bond donors (Lipinski definition) is 7. The molecule has 2 saturated heterocycles. The van der Waals surface area contributed by atoms with E-state index in [0.717, 1.165) is 0 Å². The number of aromatic amines is 1. The quantitative estimate of drug-likeness (QED) is 0.0525. The molecule has 3 aliphatic heterocycles. The van der Waals surface area contributed by atoms with Gasteiger partial charge in [0.05, 0.1) is 25.7 Å². The molecule has 2 fully saturated rings. The number of hydrogen-bond acceptors (Lipinski definition) is 22. The summed E-state index contributed by atoms with van der Waals surface area (Å²) >= 11 is 0. The predicted octanol–water partition coefficient (Wildman–Crippen LogP) is -0.850. The van der Waals surface area contributed by atoms with Gasteiger partial charge in [-0.25, -0.2) is 33.5 Å². The number of fused-ring (bicyclic) bond motifs is 2. The first-order valence-electron chi connectivity index (χ1n) is 15.6. The average Bonchev–Trinajstić information content (AvgIpc) is 3.85. The molecule has 0 spiro atoms. The van der Waals surface area contributed by atoms with Crippen molar-refractivity contribution < 1.29 is 75.1 Å². The number of methoxy groups -OCH3 is 2. The third kappa shape index (κ3) is 8.46. The van der Waals surface area contributed by atoms with Crippen molar-refractivity contribution >= 4 is 57.9 Å². The van der Waals surface area contributed by atoms with Gasteiger partial charge in [0, 0.05) is 34.7 Å². The highest BCUT2D eigenvalue weighted by Gasteiger charge is 2.51. The van der Waals surface area contributed by atoms with Gasteiger partial charge in [-0.15, -0.1) is 4.67 Å². The van der Waals surface area contributed by atoms with Crippen molar-refractivity contribution in [2.45, 2.75) is 49.4 Å². The molecule has 0 amide bonds. The van der Waals surface area contributed by atoms with Crippen LogP contribution in [0.3, 0.4) is 0 Å². The Hall–Kier alpha value is -3.20. The van der Waals surface area contributed by atoms with Crippen LogP contribution >= 0.6 is 23.5 Å². The number of anilines is 4. The van der Waals surface area contributed by atoms with Gasteiger partial charge in [0.25, 0.3) is 5.56 Å². The van der Waals surface area contributed by atoms with E-state index in [1.165, 1.54) is 36.7 Å². The van der Waals surface area contributed by atoms with E-state index in [1.54, 1.807) is 18.7 Å². The molecule has 54 heavy (non-hydrogen) atoms. The zero-order chi connectivity index (χ0) is 39.2. The molecule has 6 rings (SSSR count). The normalized spacial score (nSPS) is 28.9. The molecule has 0 bridgehead atoms. The van der Waals surface area contributed by atoms with Crippen LogP contribution in [0.5, 0.6) is 0 Å². The second-order valence-electron chi connectivity index (χ2n) is 11.9. The van der Waals surface area contributed by atoms with Crippen LogP contribution in [0.4, 0.5) is 23.3 Å². The Morgan fingerprint density at radius 1 is 1.04 bits per heavy atom. The molecule has 0 radical (unpaired) electrons. The predicted molar refractivity (Wildman–Crippen MR) is 179 cm³/mol. The number of nitrogen functional groups attached to an aromatic ring is 1. The minimum absolute atomic E-state index is 0.0127. The van der Waals surface area contributed by atoms with Gasteiger partial charge in [0.15, 0.2) is 29.7 Å². The molecule has 300 valence electrons. The van der Waals surface area contributed by atoms with E-state index in [4.69, 9.17) is 34.1 Å². The lowest BCUT2D eigenvalue weighted by molar-refractivity contribution is -0.240. The lowest BCUT2D eigenvalue weighted by Gasteiger charge is -2.27. The Morgan fingerprint density at radius 2 is 1.78 bits per heavy atom. The highest BCUT2D eigenvalue weighted by molar-refractivity contribution is 7.66. The maximum atomic E-state index is 12.6. The summed E-state index contributed by atoms with van der Waals surface area (Å²) in [5.41, 5.74) is 6.17. The second kappa shape index (κ2) is 15.7. The first-order chi connectivity index (χ1) is 25.5. The topological polar surface area (TPSA) is 349 Å². The van der Waals surface area contributed by atoms with Gasteiger partial charge in [0.1, 0.15) is 48.6 Å².